The van der Waals surface area contributed by atoms with Gasteiger partial charge in [0.25, 0.3) is 11.7 Å². The van der Waals surface area contributed by atoms with Crippen molar-refractivity contribution in [3.63, 3.8) is 0 Å². The van der Waals surface area contributed by atoms with Crippen molar-refractivity contribution in [2.45, 2.75) is 65.3 Å². The Balaban J connectivity index is 1.72. The molecule has 2 heterocycles. The van der Waals surface area contributed by atoms with Crippen LogP contribution in [0.2, 0.25) is 0 Å². The fraction of sp³-hybridized carbons (Fsp3) is 0.353. The number of carbonyl (C=O) groups is 2. The molecule has 1 fully saturated rings. The number of hydrogen-bond acceptors (Lipinski definition) is 5. The van der Waals surface area contributed by atoms with Gasteiger partial charge in [-0.3, -0.25) is 14.5 Å². The summed E-state index contributed by atoms with van der Waals surface area (Å²) in [5, 5.41) is 11.8. The Hall–Kier alpha value is -4.06. The van der Waals surface area contributed by atoms with E-state index in [0.29, 0.717) is 36.0 Å². The number of ketones is 1. The van der Waals surface area contributed by atoms with Gasteiger partial charge >= 0.3 is 0 Å². The summed E-state index contributed by atoms with van der Waals surface area (Å²) in [4.78, 5) is 28.9. The van der Waals surface area contributed by atoms with E-state index in [2.05, 4.69) is 41.5 Å². The Morgan fingerprint density at radius 1 is 0.800 bits per heavy atom. The first-order chi connectivity index (χ1) is 18.8. The van der Waals surface area contributed by atoms with Crippen LogP contribution >= 0.6 is 0 Å². The average molecular weight is 540 g/mol. The molecule has 5 rings (SSSR count). The molecular formula is C34H37NO5. The number of nitrogens with zero attached hydrogens (tertiary/aromatic N) is 1. The molecular weight excluding hydrogens is 502 g/mol. The summed E-state index contributed by atoms with van der Waals surface area (Å²) in [6.45, 7) is 15.4. The van der Waals surface area contributed by atoms with Crippen molar-refractivity contribution in [1.29, 1.82) is 0 Å². The van der Waals surface area contributed by atoms with Crippen LogP contribution in [0.25, 0.3) is 5.76 Å². The zero-order chi connectivity index (χ0) is 29.0. The van der Waals surface area contributed by atoms with Gasteiger partial charge in [-0.25, -0.2) is 0 Å². The molecule has 6 heteroatoms. The summed E-state index contributed by atoms with van der Waals surface area (Å²) in [5.41, 5.74) is 4.57. The van der Waals surface area contributed by atoms with Gasteiger partial charge in [0.15, 0.2) is 11.5 Å². The molecule has 6 nitrogen and oxygen atoms in total. The van der Waals surface area contributed by atoms with Crippen molar-refractivity contribution < 1.29 is 24.2 Å². The van der Waals surface area contributed by atoms with Crippen molar-refractivity contribution in [1.82, 2.24) is 0 Å². The number of hydrogen-bond donors (Lipinski definition) is 1. The number of carbonyl (C=O) groups excluding carboxylic acids is 2. The number of benzene rings is 3. The zero-order valence-electron chi connectivity index (χ0n) is 24.3. The van der Waals surface area contributed by atoms with E-state index in [4.69, 9.17) is 9.47 Å². The normalized spacial score (nSPS) is 18.8. The van der Waals surface area contributed by atoms with E-state index in [0.717, 1.165) is 22.3 Å². The van der Waals surface area contributed by atoms with Crippen LogP contribution in [-0.4, -0.2) is 30.0 Å². The number of amides is 1. The second-order valence-electron chi connectivity index (χ2n) is 12.6. The van der Waals surface area contributed by atoms with Crippen molar-refractivity contribution in [2.75, 3.05) is 18.1 Å². The van der Waals surface area contributed by atoms with E-state index in [1.165, 1.54) is 4.90 Å². The molecule has 3 aromatic carbocycles. The van der Waals surface area contributed by atoms with Gasteiger partial charge < -0.3 is 14.6 Å². The van der Waals surface area contributed by atoms with E-state index >= 15 is 0 Å². The molecule has 40 heavy (non-hydrogen) atoms. The largest absolute Gasteiger partial charge is 0.507 e. The topological polar surface area (TPSA) is 76.1 Å². The summed E-state index contributed by atoms with van der Waals surface area (Å²) in [7, 11) is 0. The molecule has 2 aliphatic rings. The predicted octanol–water partition coefficient (Wildman–Crippen LogP) is 6.99. The van der Waals surface area contributed by atoms with Crippen LogP contribution in [0.5, 0.6) is 11.5 Å². The third kappa shape index (κ3) is 4.87. The minimum atomic E-state index is -0.825. The maximum Gasteiger partial charge on any atom is 0.300 e. The molecule has 3 aromatic rings. The zero-order valence-corrected chi connectivity index (χ0v) is 24.3. The maximum absolute atomic E-state index is 13.7. The number of rotatable bonds is 3. The minimum Gasteiger partial charge on any atom is -0.507 e. The van der Waals surface area contributed by atoms with Crippen LogP contribution in [-0.2, 0) is 20.4 Å². The molecule has 0 aromatic heterocycles. The Labute approximate surface area is 236 Å². The predicted molar refractivity (Wildman–Crippen MR) is 157 cm³/mol. The Morgan fingerprint density at radius 3 is 2.02 bits per heavy atom. The first kappa shape index (κ1) is 27.5. The second-order valence-corrected chi connectivity index (χ2v) is 12.6. The fourth-order valence-electron chi connectivity index (χ4n) is 5.25. The van der Waals surface area contributed by atoms with Gasteiger partial charge in [0.05, 0.1) is 11.6 Å². The fourth-order valence-corrected chi connectivity index (χ4v) is 5.25. The van der Waals surface area contributed by atoms with Gasteiger partial charge in [-0.2, -0.15) is 0 Å². The van der Waals surface area contributed by atoms with Gasteiger partial charge in [0, 0.05) is 17.3 Å². The molecule has 2 aliphatic heterocycles. The number of aryl methyl sites for hydroxylation is 1. The van der Waals surface area contributed by atoms with Crippen molar-refractivity contribution in [3.05, 3.63) is 94.1 Å². The van der Waals surface area contributed by atoms with Gasteiger partial charge in [-0.1, -0.05) is 77.9 Å². The van der Waals surface area contributed by atoms with Crippen LogP contribution in [0.4, 0.5) is 5.69 Å². The molecule has 1 unspecified atom stereocenters. The molecule has 1 saturated heterocycles. The standard InChI is InChI=1S/C34H37NO5/c1-20-8-11-23(34(5,6)7)18-25(20)30(36)28-29(21-9-12-22(13-10-21)33(2,3)4)35(32(38)31(28)37)24-14-15-26-27(19-24)40-17-16-39-26/h8-15,18-19,29,36H,16-17H2,1-7H3/b30-28+. The molecule has 1 N–H and O–H groups in total. The lowest BCUT2D eigenvalue weighted by Crippen LogP contribution is -2.29. The molecule has 1 amide bonds. The molecule has 0 saturated carbocycles. The Morgan fingerprint density at radius 2 is 1.40 bits per heavy atom. The highest BCUT2D eigenvalue weighted by Crippen LogP contribution is 2.45. The molecule has 0 bridgehead atoms. The average Bonchev–Trinajstić information content (AvgIpc) is 3.17. The summed E-state index contributed by atoms with van der Waals surface area (Å²) in [5.74, 6) is -0.494. The third-order valence-electron chi connectivity index (χ3n) is 7.70. The highest BCUT2D eigenvalue weighted by Gasteiger charge is 2.47. The van der Waals surface area contributed by atoms with E-state index in [9.17, 15) is 14.7 Å². The van der Waals surface area contributed by atoms with E-state index < -0.39 is 17.7 Å². The molecule has 0 radical (unpaired) electrons. The summed E-state index contributed by atoms with van der Waals surface area (Å²) < 4.78 is 11.4. The van der Waals surface area contributed by atoms with E-state index in [1.807, 2.05) is 49.4 Å². The summed E-state index contributed by atoms with van der Waals surface area (Å²) in [6.07, 6.45) is 0. The monoisotopic (exact) mass is 539 g/mol. The number of anilines is 1. The summed E-state index contributed by atoms with van der Waals surface area (Å²) in [6, 6.07) is 18.2. The minimum absolute atomic E-state index is 0.0672. The van der Waals surface area contributed by atoms with Crippen molar-refractivity contribution in [3.8, 4) is 11.5 Å². The Bertz CT molecular complexity index is 1520. The maximum atomic E-state index is 13.7. The first-order valence-electron chi connectivity index (χ1n) is 13.7. The van der Waals surface area contributed by atoms with Crippen LogP contribution in [0, 0.1) is 6.92 Å². The highest BCUT2D eigenvalue weighted by atomic mass is 16.6. The molecule has 0 aliphatic carbocycles. The van der Waals surface area contributed by atoms with Gasteiger partial charge in [-0.15, -0.1) is 0 Å². The number of fused-ring (bicyclic) bond motifs is 1. The highest BCUT2D eigenvalue weighted by molar-refractivity contribution is 6.51. The van der Waals surface area contributed by atoms with Gasteiger partial charge in [-0.05, 0) is 58.2 Å². The molecule has 0 spiro atoms. The second kappa shape index (κ2) is 9.84. The number of aliphatic hydroxyl groups is 1. The quantitative estimate of drug-likeness (QED) is 0.221. The third-order valence-corrected chi connectivity index (χ3v) is 7.70. The lowest BCUT2D eigenvalue weighted by Gasteiger charge is -2.28. The van der Waals surface area contributed by atoms with Crippen LogP contribution in [0.1, 0.15) is 75.4 Å². The van der Waals surface area contributed by atoms with E-state index in [1.54, 1.807) is 18.2 Å². The number of Topliss-reactive ketones (excluding diaryl/α,β-unsaturated/α-hetero) is 1. The molecule has 208 valence electrons. The summed E-state index contributed by atoms with van der Waals surface area (Å²) >= 11 is 0. The number of ether oxygens (including phenoxy) is 2. The Kier molecular flexibility index (Phi) is 6.77. The van der Waals surface area contributed by atoms with Gasteiger partial charge in [0.1, 0.15) is 19.0 Å². The van der Waals surface area contributed by atoms with Crippen LogP contribution in [0.15, 0.2) is 66.2 Å². The van der Waals surface area contributed by atoms with Crippen LogP contribution in [0.3, 0.4) is 0 Å². The SMILES string of the molecule is Cc1ccc(C(C)(C)C)cc1/C(O)=C1\C(=O)C(=O)N(c2ccc3c(c2)OCCO3)C1c1ccc(C(C)(C)C)cc1. The van der Waals surface area contributed by atoms with Crippen molar-refractivity contribution >= 4 is 23.1 Å². The van der Waals surface area contributed by atoms with Crippen molar-refractivity contribution in [2.24, 2.45) is 0 Å². The lowest BCUT2D eigenvalue weighted by atomic mass is 9.84. The smallest absolute Gasteiger partial charge is 0.300 e. The molecule has 1 atom stereocenters. The van der Waals surface area contributed by atoms with E-state index in [-0.39, 0.29) is 22.2 Å². The lowest BCUT2D eigenvalue weighted by molar-refractivity contribution is -0.132. The number of aliphatic hydroxyl groups excluding tert-OH is 1. The first-order valence-corrected chi connectivity index (χ1v) is 13.7. The van der Waals surface area contributed by atoms with Crippen LogP contribution < -0.4 is 14.4 Å². The van der Waals surface area contributed by atoms with Gasteiger partial charge in [0.2, 0.25) is 0 Å².